The number of fused-ring (bicyclic) bond motifs is 1. The van der Waals surface area contributed by atoms with E-state index >= 15 is 4.39 Å². The van der Waals surface area contributed by atoms with Crippen molar-refractivity contribution in [2.75, 3.05) is 29.5 Å². The fourth-order valence-electron chi connectivity index (χ4n) is 5.07. The molecule has 0 aromatic heterocycles. The summed E-state index contributed by atoms with van der Waals surface area (Å²) in [7, 11) is 0. The Morgan fingerprint density at radius 3 is 2.46 bits per heavy atom. The van der Waals surface area contributed by atoms with E-state index in [0.717, 1.165) is 37.9 Å². The topological polar surface area (TPSA) is 59.1 Å². The molecule has 0 spiro atoms. The summed E-state index contributed by atoms with van der Waals surface area (Å²) in [6.07, 6.45) is 2.85. The van der Waals surface area contributed by atoms with Crippen LogP contribution < -0.4 is 9.80 Å². The van der Waals surface area contributed by atoms with Gasteiger partial charge in [-0.1, -0.05) is 48.5 Å². The van der Waals surface area contributed by atoms with Gasteiger partial charge in [0.1, 0.15) is 11.4 Å². The van der Waals surface area contributed by atoms with Gasteiger partial charge in [-0.25, -0.2) is 9.18 Å². The molecule has 218 valence electrons. The second-order valence-electron chi connectivity index (χ2n) is 11.4. The highest BCUT2D eigenvalue weighted by molar-refractivity contribution is 5.88. The summed E-state index contributed by atoms with van der Waals surface area (Å²) in [5.41, 5.74) is 4.82. The van der Waals surface area contributed by atoms with Crippen LogP contribution in [0.3, 0.4) is 0 Å². The maximum atomic E-state index is 15.2. The Kier molecular flexibility index (Phi) is 10.0. The molecule has 7 heteroatoms. The van der Waals surface area contributed by atoms with E-state index in [4.69, 9.17) is 9.47 Å². The maximum absolute atomic E-state index is 15.2. The molecule has 1 aliphatic rings. The maximum Gasteiger partial charge on any atom is 0.415 e. The van der Waals surface area contributed by atoms with E-state index in [9.17, 15) is 9.59 Å². The normalized spacial score (nSPS) is 13.0. The molecule has 41 heavy (non-hydrogen) atoms. The number of halogens is 1. The molecule has 0 unspecified atom stereocenters. The summed E-state index contributed by atoms with van der Waals surface area (Å²) in [4.78, 5) is 29.0. The number of aryl methyl sites for hydroxylation is 2. The quantitative estimate of drug-likeness (QED) is 0.244. The van der Waals surface area contributed by atoms with E-state index in [0.29, 0.717) is 17.9 Å². The first-order chi connectivity index (χ1) is 19.6. The smallest absolute Gasteiger partial charge is 0.415 e. The molecule has 0 atom stereocenters. The van der Waals surface area contributed by atoms with Crippen LogP contribution in [-0.4, -0.2) is 37.4 Å². The Balaban J connectivity index is 1.56. The minimum Gasteiger partial charge on any atom is -0.466 e. The van der Waals surface area contributed by atoms with Crippen LogP contribution in [0.5, 0.6) is 0 Å². The number of esters is 1. The van der Waals surface area contributed by atoms with E-state index < -0.39 is 17.5 Å². The number of amides is 1. The monoisotopic (exact) mass is 560 g/mol. The first-order valence-corrected chi connectivity index (χ1v) is 14.5. The predicted octanol–water partition coefficient (Wildman–Crippen LogP) is 7.26. The molecule has 0 saturated carbocycles. The number of hydrogen-bond donors (Lipinski definition) is 0. The number of hydrogen-bond acceptors (Lipinski definition) is 5. The molecular formula is C34H41FN2O4. The number of nitrogens with zero attached hydrogens (tertiary/aromatic N) is 2. The summed E-state index contributed by atoms with van der Waals surface area (Å²) in [5, 5.41) is 0. The molecule has 0 saturated heterocycles. The summed E-state index contributed by atoms with van der Waals surface area (Å²) in [6.45, 7) is 9.59. The van der Waals surface area contributed by atoms with Crippen molar-refractivity contribution in [1.29, 1.82) is 0 Å². The van der Waals surface area contributed by atoms with Gasteiger partial charge in [0.2, 0.25) is 0 Å². The number of benzene rings is 3. The lowest BCUT2D eigenvalue weighted by atomic mass is 9.98. The second-order valence-corrected chi connectivity index (χ2v) is 11.4. The van der Waals surface area contributed by atoms with E-state index in [2.05, 4.69) is 41.3 Å². The van der Waals surface area contributed by atoms with E-state index in [1.165, 1.54) is 27.8 Å². The van der Waals surface area contributed by atoms with Crippen LogP contribution in [0.2, 0.25) is 0 Å². The molecule has 0 fully saturated rings. The molecule has 0 aliphatic carbocycles. The van der Waals surface area contributed by atoms with Crippen molar-refractivity contribution < 1.29 is 23.5 Å². The van der Waals surface area contributed by atoms with Crippen molar-refractivity contribution in [3.8, 4) is 0 Å². The lowest BCUT2D eigenvalue weighted by Crippen LogP contribution is -2.37. The van der Waals surface area contributed by atoms with Gasteiger partial charge in [-0.15, -0.1) is 0 Å². The van der Waals surface area contributed by atoms with E-state index in [-0.39, 0.29) is 25.4 Å². The fourth-order valence-corrected chi connectivity index (χ4v) is 5.07. The number of anilines is 2. The first-order valence-electron chi connectivity index (χ1n) is 14.5. The Morgan fingerprint density at radius 1 is 0.976 bits per heavy atom. The molecule has 1 amide bonds. The van der Waals surface area contributed by atoms with Crippen molar-refractivity contribution in [1.82, 2.24) is 0 Å². The molecule has 4 rings (SSSR count). The first kappa shape index (κ1) is 30.1. The van der Waals surface area contributed by atoms with Crippen molar-refractivity contribution in [3.05, 3.63) is 94.8 Å². The third-order valence-electron chi connectivity index (χ3n) is 7.08. The van der Waals surface area contributed by atoms with Crippen molar-refractivity contribution in [2.45, 2.75) is 71.9 Å². The molecule has 0 N–H and O–H groups in total. The highest BCUT2D eigenvalue weighted by Gasteiger charge is 2.26. The largest absolute Gasteiger partial charge is 0.466 e. The molecule has 0 radical (unpaired) electrons. The van der Waals surface area contributed by atoms with Crippen LogP contribution in [-0.2, 0) is 40.1 Å². The van der Waals surface area contributed by atoms with E-state index in [1.807, 2.05) is 32.9 Å². The minimum absolute atomic E-state index is 0.0930. The van der Waals surface area contributed by atoms with Gasteiger partial charge in [0.15, 0.2) is 0 Å². The minimum atomic E-state index is -0.711. The summed E-state index contributed by atoms with van der Waals surface area (Å²) in [6, 6.07) is 21.5. The van der Waals surface area contributed by atoms with Gasteiger partial charge in [-0.2, -0.15) is 0 Å². The van der Waals surface area contributed by atoms with Gasteiger partial charge in [-0.3, -0.25) is 9.69 Å². The summed E-state index contributed by atoms with van der Waals surface area (Å²) < 4.78 is 25.8. The standard InChI is InChI=1S/C34H41FN2O4/c1-5-40-32(38)18-16-27-15-17-29(23-30(27)35)37(33(39)41-34(2,3)4)24-26-13-14-28-12-9-20-36(31(28)22-26)21-19-25-10-7-6-8-11-25/h6-8,10-11,13-15,17,22-23H,5,9,12,16,18-21,24H2,1-4H3. The molecular weight excluding hydrogens is 519 g/mol. The van der Waals surface area contributed by atoms with Gasteiger partial charge in [0.25, 0.3) is 0 Å². The Bertz CT molecular complexity index is 1340. The molecule has 6 nitrogen and oxygen atoms in total. The summed E-state index contributed by atoms with van der Waals surface area (Å²) in [5.74, 6) is -0.838. The van der Waals surface area contributed by atoms with Gasteiger partial charge in [0, 0.05) is 25.2 Å². The highest BCUT2D eigenvalue weighted by atomic mass is 19.1. The zero-order chi connectivity index (χ0) is 29.4. The molecule has 3 aromatic rings. The van der Waals surface area contributed by atoms with Crippen LogP contribution in [0.4, 0.5) is 20.6 Å². The Hall–Kier alpha value is -3.87. The third kappa shape index (κ3) is 8.56. The predicted molar refractivity (Wildman–Crippen MR) is 161 cm³/mol. The number of rotatable bonds is 10. The van der Waals surface area contributed by atoms with Gasteiger partial charge < -0.3 is 14.4 Å². The molecule has 3 aromatic carbocycles. The van der Waals surface area contributed by atoms with Gasteiger partial charge in [0.05, 0.1) is 18.8 Å². The van der Waals surface area contributed by atoms with E-state index in [1.54, 1.807) is 19.1 Å². The average molecular weight is 561 g/mol. The second kappa shape index (κ2) is 13.7. The van der Waals surface area contributed by atoms with Crippen LogP contribution >= 0.6 is 0 Å². The van der Waals surface area contributed by atoms with Gasteiger partial charge in [-0.05, 0) is 93.8 Å². The Morgan fingerprint density at radius 2 is 1.76 bits per heavy atom. The lowest BCUT2D eigenvalue weighted by Gasteiger charge is -2.33. The lowest BCUT2D eigenvalue weighted by molar-refractivity contribution is -0.143. The average Bonchev–Trinajstić information content (AvgIpc) is 2.94. The molecule has 0 bridgehead atoms. The van der Waals surface area contributed by atoms with Crippen molar-refractivity contribution >= 4 is 23.4 Å². The highest BCUT2D eigenvalue weighted by Crippen LogP contribution is 2.31. The SMILES string of the molecule is CCOC(=O)CCc1ccc(N(Cc2ccc3c(c2)N(CCc2ccccc2)CCC3)C(=O)OC(C)(C)C)cc1F. The fraction of sp³-hybridized carbons (Fsp3) is 0.412. The van der Waals surface area contributed by atoms with Crippen LogP contribution in [0.1, 0.15) is 62.8 Å². The third-order valence-corrected chi connectivity index (χ3v) is 7.08. The van der Waals surface area contributed by atoms with Crippen LogP contribution in [0.25, 0.3) is 0 Å². The van der Waals surface area contributed by atoms with Crippen molar-refractivity contribution in [3.63, 3.8) is 0 Å². The molecule has 1 aliphatic heterocycles. The van der Waals surface area contributed by atoms with Crippen LogP contribution in [0.15, 0.2) is 66.7 Å². The number of carbonyl (C=O) groups excluding carboxylic acids is 2. The zero-order valence-corrected chi connectivity index (χ0v) is 24.6. The van der Waals surface area contributed by atoms with Crippen LogP contribution in [0, 0.1) is 5.82 Å². The molecule has 1 heterocycles. The summed E-state index contributed by atoms with van der Waals surface area (Å²) >= 11 is 0. The Labute approximate surface area is 243 Å². The zero-order valence-electron chi connectivity index (χ0n) is 24.6. The van der Waals surface area contributed by atoms with Gasteiger partial charge >= 0.3 is 12.1 Å². The number of carbonyl (C=O) groups is 2. The number of ether oxygens (including phenoxy) is 2. The van der Waals surface area contributed by atoms with Crippen molar-refractivity contribution in [2.24, 2.45) is 0 Å².